The molecule has 0 aliphatic carbocycles. The fourth-order valence-corrected chi connectivity index (χ4v) is 4.17. The number of hydrogen-bond acceptors (Lipinski definition) is 5. The zero-order valence-electron chi connectivity index (χ0n) is 12.7. The molecule has 0 atom stereocenters. The fraction of sp³-hybridized carbons (Fsp3) is 0.267. The van der Waals surface area contributed by atoms with E-state index in [1.807, 2.05) is 0 Å². The second kappa shape index (κ2) is 6.03. The number of benzene rings is 1. The van der Waals surface area contributed by atoms with Crippen molar-refractivity contribution in [2.75, 3.05) is 13.1 Å². The van der Waals surface area contributed by atoms with Gasteiger partial charge in [0.25, 0.3) is 11.5 Å². The van der Waals surface area contributed by atoms with Crippen LogP contribution in [0.1, 0.15) is 10.5 Å². The molecular weight excluding hydrogens is 354 g/mol. The number of sulfone groups is 1. The maximum Gasteiger partial charge on any atom is 0.274 e. The van der Waals surface area contributed by atoms with Gasteiger partial charge in [-0.25, -0.2) is 13.1 Å². The third-order valence-corrected chi connectivity index (χ3v) is 6.25. The Morgan fingerprint density at radius 1 is 1.17 bits per heavy atom. The molecule has 0 bridgehead atoms. The monoisotopic (exact) mass is 367 g/mol. The Morgan fingerprint density at radius 2 is 1.79 bits per heavy atom. The van der Waals surface area contributed by atoms with Gasteiger partial charge in [-0.2, -0.15) is 5.10 Å². The molecule has 1 saturated heterocycles. The molecule has 0 unspecified atom stereocenters. The van der Waals surface area contributed by atoms with Crippen molar-refractivity contribution in [1.29, 1.82) is 0 Å². The van der Waals surface area contributed by atoms with Crippen LogP contribution in [0, 0.1) is 0 Å². The summed E-state index contributed by atoms with van der Waals surface area (Å²) >= 11 is 5.77. The van der Waals surface area contributed by atoms with E-state index < -0.39 is 21.0 Å². The predicted molar refractivity (Wildman–Crippen MR) is 87.8 cm³/mol. The standard InChI is InChI=1S/C15H14ClN3O4S/c1-18-14(20)7-6-13(17-18)15(21)19-8-12(9-19)24(22,23)11-4-2-10(16)3-5-11/h2-7,12H,8-9H2,1H3. The number of likely N-dealkylation sites (tertiary alicyclic amines) is 1. The molecule has 3 rings (SSSR count). The summed E-state index contributed by atoms with van der Waals surface area (Å²) in [5.74, 6) is -0.395. The van der Waals surface area contributed by atoms with Crippen molar-refractivity contribution in [2.45, 2.75) is 10.1 Å². The maximum atomic E-state index is 12.5. The largest absolute Gasteiger partial charge is 0.334 e. The Labute approximate surface area is 143 Å². The van der Waals surface area contributed by atoms with Crippen LogP contribution in [0.4, 0.5) is 0 Å². The highest BCUT2D eigenvalue weighted by molar-refractivity contribution is 7.92. The Morgan fingerprint density at radius 3 is 2.38 bits per heavy atom. The molecule has 1 aliphatic rings. The summed E-state index contributed by atoms with van der Waals surface area (Å²) in [5.41, 5.74) is -0.210. The van der Waals surface area contributed by atoms with Crippen molar-refractivity contribution in [1.82, 2.24) is 14.7 Å². The number of nitrogens with zero attached hydrogens (tertiary/aromatic N) is 3. The summed E-state index contributed by atoms with van der Waals surface area (Å²) in [6, 6.07) is 8.54. The number of carbonyl (C=O) groups is 1. The summed E-state index contributed by atoms with van der Waals surface area (Å²) in [6.45, 7) is 0.183. The molecule has 1 aromatic carbocycles. The first-order chi connectivity index (χ1) is 11.3. The lowest BCUT2D eigenvalue weighted by atomic mass is 10.2. The Kier molecular flexibility index (Phi) is 4.18. The van der Waals surface area contributed by atoms with Gasteiger partial charge >= 0.3 is 0 Å². The normalized spacial score (nSPS) is 15.2. The molecule has 0 radical (unpaired) electrons. The minimum atomic E-state index is -3.51. The topological polar surface area (TPSA) is 89.3 Å². The van der Waals surface area contributed by atoms with Gasteiger partial charge in [0.05, 0.1) is 4.90 Å². The van der Waals surface area contributed by atoms with Gasteiger partial charge < -0.3 is 4.90 Å². The summed E-state index contributed by atoms with van der Waals surface area (Å²) in [7, 11) is -2.06. The molecule has 24 heavy (non-hydrogen) atoms. The van der Waals surface area contributed by atoms with Crippen LogP contribution >= 0.6 is 11.6 Å². The molecule has 126 valence electrons. The Balaban J connectivity index is 1.72. The molecule has 7 nitrogen and oxygen atoms in total. The molecular formula is C15H14ClN3O4S. The van der Waals surface area contributed by atoms with Crippen LogP contribution in [0.3, 0.4) is 0 Å². The number of aryl methyl sites for hydroxylation is 1. The molecule has 9 heteroatoms. The van der Waals surface area contributed by atoms with Crippen molar-refractivity contribution in [3.05, 3.63) is 57.5 Å². The number of rotatable bonds is 3. The van der Waals surface area contributed by atoms with Crippen LogP contribution in [0.15, 0.2) is 46.1 Å². The van der Waals surface area contributed by atoms with Gasteiger partial charge in [-0.05, 0) is 30.3 Å². The van der Waals surface area contributed by atoms with Gasteiger partial charge in [-0.1, -0.05) is 11.6 Å². The Bertz CT molecular complexity index is 947. The van der Waals surface area contributed by atoms with Crippen molar-refractivity contribution in [2.24, 2.45) is 7.05 Å². The minimum absolute atomic E-state index is 0.0916. The molecule has 0 spiro atoms. The number of hydrogen-bond donors (Lipinski definition) is 0. The van der Waals surface area contributed by atoms with E-state index in [1.54, 1.807) is 0 Å². The fourth-order valence-electron chi connectivity index (χ4n) is 2.40. The van der Waals surface area contributed by atoms with E-state index >= 15 is 0 Å². The van der Waals surface area contributed by atoms with Gasteiger partial charge in [0.1, 0.15) is 10.9 Å². The molecule has 0 saturated carbocycles. The van der Waals surface area contributed by atoms with Gasteiger partial charge in [0, 0.05) is 31.2 Å². The van der Waals surface area contributed by atoms with Crippen LogP contribution in [0.25, 0.3) is 0 Å². The molecule has 2 aromatic rings. The highest BCUT2D eigenvalue weighted by atomic mass is 35.5. The Hall–Kier alpha value is -2.19. The van der Waals surface area contributed by atoms with Crippen LogP contribution in [-0.2, 0) is 16.9 Å². The van der Waals surface area contributed by atoms with Crippen molar-refractivity contribution in [3.63, 3.8) is 0 Å². The first-order valence-electron chi connectivity index (χ1n) is 7.12. The van der Waals surface area contributed by atoms with Crippen molar-refractivity contribution < 1.29 is 13.2 Å². The van der Waals surface area contributed by atoms with E-state index in [4.69, 9.17) is 11.6 Å². The van der Waals surface area contributed by atoms with Crippen molar-refractivity contribution in [3.8, 4) is 0 Å². The summed E-state index contributed by atoms with van der Waals surface area (Å²) < 4.78 is 26.0. The quantitative estimate of drug-likeness (QED) is 0.798. The highest BCUT2D eigenvalue weighted by Crippen LogP contribution is 2.25. The minimum Gasteiger partial charge on any atom is -0.334 e. The van der Waals surface area contributed by atoms with Crippen LogP contribution in [-0.4, -0.2) is 47.3 Å². The van der Waals surface area contributed by atoms with Gasteiger partial charge in [-0.15, -0.1) is 0 Å². The smallest absolute Gasteiger partial charge is 0.274 e. The van der Waals surface area contributed by atoms with Gasteiger partial charge in [0.15, 0.2) is 9.84 Å². The highest BCUT2D eigenvalue weighted by Gasteiger charge is 2.41. The lowest BCUT2D eigenvalue weighted by Gasteiger charge is -2.38. The molecule has 0 N–H and O–H groups in total. The molecule has 1 aromatic heterocycles. The number of aromatic nitrogens is 2. The second-order valence-electron chi connectivity index (χ2n) is 5.51. The third kappa shape index (κ3) is 2.94. The second-order valence-corrected chi connectivity index (χ2v) is 8.18. The van der Waals surface area contributed by atoms with Gasteiger partial charge in [-0.3, -0.25) is 9.59 Å². The lowest BCUT2D eigenvalue weighted by Crippen LogP contribution is -2.57. The summed E-state index contributed by atoms with van der Waals surface area (Å²) in [5, 5.41) is 3.68. The third-order valence-electron chi connectivity index (χ3n) is 3.90. The summed E-state index contributed by atoms with van der Waals surface area (Å²) in [4.78, 5) is 25.2. The van der Waals surface area contributed by atoms with Crippen LogP contribution < -0.4 is 5.56 Å². The number of halogens is 1. The van der Waals surface area contributed by atoms with Crippen molar-refractivity contribution >= 4 is 27.3 Å². The van der Waals surface area contributed by atoms with E-state index in [2.05, 4.69) is 5.10 Å². The first kappa shape index (κ1) is 16.7. The zero-order chi connectivity index (χ0) is 17.5. The van der Waals surface area contributed by atoms with E-state index in [9.17, 15) is 18.0 Å². The lowest BCUT2D eigenvalue weighted by molar-refractivity contribution is 0.0650. The van der Waals surface area contributed by atoms with E-state index in [1.165, 1.54) is 48.3 Å². The number of amides is 1. The van der Waals surface area contributed by atoms with E-state index in [-0.39, 0.29) is 29.2 Å². The van der Waals surface area contributed by atoms with E-state index in [0.717, 1.165) is 4.68 Å². The molecule has 1 aliphatic heterocycles. The zero-order valence-corrected chi connectivity index (χ0v) is 14.3. The van der Waals surface area contributed by atoms with Crippen LogP contribution in [0.2, 0.25) is 5.02 Å². The SMILES string of the molecule is Cn1nc(C(=O)N2CC(S(=O)(=O)c3ccc(Cl)cc3)C2)ccc1=O. The van der Waals surface area contributed by atoms with E-state index in [0.29, 0.717) is 5.02 Å². The average Bonchev–Trinajstić information content (AvgIpc) is 2.48. The van der Waals surface area contributed by atoms with Gasteiger partial charge in [0.2, 0.25) is 0 Å². The van der Waals surface area contributed by atoms with Crippen LogP contribution in [0.5, 0.6) is 0 Å². The summed E-state index contributed by atoms with van der Waals surface area (Å²) in [6.07, 6.45) is 0. The first-order valence-corrected chi connectivity index (χ1v) is 9.04. The molecule has 1 amide bonds. The molecule has 1 fully saturated rings. The predicted octanol–water partition coefficient (Wildman–Crippen LogP) is 0.732. The average molecular weight is 368 g/mol. The maximum absolute atomic E-state index is 12.5. The number of carbonyl (C=O) groups excluding carboxylic acids is 1. The molecule has 2 heterocycles.